The average Bonchev–Trinajstić information content (AvgIpc) is 3.75. The SMILES string of the molecule is CS(=O)(=O)Nc1cccc(-c2ccc3cnc(Nc4ccc(N5CCN(CCCCCCOC6=CCCC7=C6C(=O)N(C6CCC(=O)NC6=O)C7=O)CC5)nc4)nn23)c1. The van der Waals surface area contributed by atoms with Gasteiger partial charge >= 0.3 is 0 Å². The Hall–Kier alpha value is -6.14. The predicted octanol–water partition coefficient (Wildman–Crippen LogP) is 3.75. The molecule has 8 rings (SSSR count). The van der Waals surface area contributed by atoms with Gasteiger partial charge in [0.1, 0.15) is 17.6 Å². The molecule has 4 aromatic rings. The molecule has 0 bridgehead atoms. The van der Waals surface area contributed by atoms with Crippen molar-refractivity contribution in [3.8, 4) is 11.3 Å². The van der Waals surface area contributed by atoms with E-state index in [1.807, 2.05) is 36.4 Å². The smallest absolute Gasteiger partial charge is 0.265 e. The van der Waals surface area contributed by atoms with Crippen molar-refractivity contribution in [1.29, 1.82) is 0 Å². The number of carbonyl (C=O) groups is 4. The molecular formula is C41H46N10O7S. The number of piperazine rings is 1. The van der Waals surface area contributed by atoms with Crippen LogP contribution in [-0.2, 0) is 33.9 Å². The maximum absolute atomic E-state index is 13.3. The van der Waals surface area contributed by atoms with E-state index in [0.717, 1.165) is 97.8 Å². The number of anilines is 4. The number of unbranched alkanes of at least 4 members (excludes halogenated alkanes) is 3. The molecule has 1 atom stereocenters. The zero-order valence-electron chi connectivity index (χ0n) is 32.7. The second-order valence-corrected chi connectivity index (χ2v) is 16.9. The topological polar surface area (TPSA) is 201 Å². The van der Waals surface area contributed by atoms with Crippen molar-refractivity contribution in [2.75, 3.05) is 60.5 Å². The molecular weight excluding hydrogens is 777 g/mol. The predicted molar refractivity (Wildman–Crippen MR) is 220 cm³/mol. The molecule has 3 aliphatic heterocycles. The van der Waals surface area contributed by atoms with Crippen LogP contribution < -0.4 is 20.3 Å². The Morgan fingerprint density at radius 3 is 2.49 bits per heavy atom. The number of carbonyl (C=O) groups excluding carboxylic acids is 4. The molecule has 3 N–H and O–H groups in total. The van der Waals surface area contributed by atoms with Crippen molar-refractivity contribution in [1.82, 2.24) is 34.7 Å². The van der Waals surface area contributed by atoms with Crippen LogP contribution in [0.5, 0.6) is 0 Å². The zero-order valence-corrected chi connectivity index (χ0v) is 33.5. The third kappa shape index (κ3) is 8.97. The number of nitrogens with one attached hydrogen (secondary N) is 3. The minimum atomic E-state index is -3.41. The van der Waals surface area contributed by atoms with Gasteiger partial charge in [0.25, 0.3) is 11.8 Å². The molecule has 17 nitrogen and oxygen atoms in total. The van der Waals surface area contributed by atoms with Gasteiger partial charge in [-0.3, -0.25) is 39.0 Å². The second-order valence-electron chi connectivity index (χ2n) is 15.1. The highest BCUT2D eigenvalue weighted by atomic mass is 32.2. The number of aromatic nitrogens is 4. The number of amides is 4. The Bertz CT molecular complexity index is 2460. The van der Waals surface area contributed by atoms with Gasteiger partial charge in [0.15, 0.2) is 0 Å². The summed E-state index contributed by atoms with van der Waals surface area (Å²) < 4.78 is 33.8. The molecule has 0 radical (unpaired) electrons. The van der Waals surface area contributed by atoms with E-state index in [1.54, 1.807) is 35.1 Å². The molecule has 308 valence electrons. The summed E-state index contributed by atoms with van der Waals surface area (Å²) in [5.41, 5.74) is 4.26. The highest BCUT2D eigenvalue weighted by Crippen LogP contribution is 2.36. The molecule has 2 saturated heterocycles. The molecule has 2 fully saturated rings. The average molecular weight is 823 g/mol. The number of ether oxygens (including phenoxy) is 1. The van der Waals surface area contributed by atoms with Crippen LogP contribution in [0, 0.1) is 0 Å². The third-order valence-electron chi connectivity index (χ3n) is 10.9. The van der Waals surface area contributed by atoms with Crippen LogP contribution in [0.4, 0.5) is 23.1 Å². The van der Waals surface area contributed by atoms with Crippen molar-refractivity contribution < 1.29 is 32.3 Å². The molecule has 4 aliphatic rings. The first-order chi connectivity index (χ1) is 28.5. The summed E-state index contributed by atoms with van der Waals surface area (Å²) in [5, 5.41) is 10.2. The highest BCUT2D eigenvalue weighted by molar-refractivity contribution is 7.92. The number of fused-ring (bicyclic) bond motifs is 1. The molecule has 59 heavy (non-hydrogen) atoms. The first kappa shape index (κ1) is 39.7. The largest absolute Gasteiger partial charge is 0.493 e. The molecule has 1 unspecified atom stereocenters. The van der Waals surface area contributed by atoms with Crippen LogP contribution >= 0.6 is 0 Å². The van der Waals surface area contributed by atoms with Gasteiger partial charge < -0.3 is 15.0 Å². The molecule has 1 aliphatic carbocycles. The van der Waals surface area contributed by atoms with Gasteiger partial charge in [0.2, 0.25) is 27.8 Å². The van der Waals surface area contributed by atoms with Crippen LogP contribution in [0.1, 0.15) is 51.4 Å². The minimum absolute atomic E-state index is 0.0866. The number of pyridine rings is 1. The van der Waals surface area contributed by atoms with Crippen molar-refractivity contribution >= 4 is 62.3 Å². The fourth-order valence-corrected chi connectivity index (χ4v) is 8.51. The van der Waals surface area contributed by atoms with Crippen molar-refractivity contribution in [3.63, 3.8) is 0 Å². The highest BCUT2D eigenvalue weighted by Gasteiger charge is 2.47. The molecule has 4 amide bonds. The second kappa shape index (κ2) is 17.0. The number of rotatable bonds is 15. The standard InChI is InChI=1S/C41H46N10O7S/c1-59(56,57)47-28-9-6-8-27(24-28)32-14-13-30-26-43-41(46-51(30)32)44-29-12-16-35(42-25-29)49-21-19-48(20-22-49)18-4-2-3-5-23-58-34-11-7-10-31-37(34)40(55)50(39(31)54)33-15-17-36(52)45-38(33)53/h6,8-9,11-14,16,24-26,33,47H,2-5,7,10,15,17-23H2,1H3,(H,44,46)(H,45,52,53). The van der Waals surface area contributed by atoms with E-state index in [1.165, 1.54) is 0 Å². The van der Waals surface area contributed by atoms with Crippen LogP contribution in [-0.4, -0.2) is 113 Å². The lowest BCUT2D eigenvalue weighted by Crippen LogP contribution is -2.54. The first-order valence-corrected chi connectivity index (χ1v) is 21.8. The minimum Gasteiger partial charge on any atom is -0.493 e. The van der Waals surface area contributed by atoms with E-state index in [2.05, 4.69) is 30.1 Å². The fourth-order valence-electron chi connectivity index (χ4n) is 7.96. The summed E-state index contributed by atoms with van der Waals surface area (Å²) in [6.07, 6.45) is 11.6. The lowest BCUT2D eigenvalue weighted by molar-refractivity contribution is -0.150. The lowest BCUT2D eigenvalue weighted by Gasteiger charge is -2.35. The van der Waals surface area contributed by atoms with Gasteiger partial charge in [0, 0.05) is 49.4 Å². The van der Waals surface area contributed by atoms with E-state index in [4.69, 9.17) is 14.8 Å². The number of nitrogens with zero attached hydrogens (tertiary/aromatic N) is 7. The van der Waals surface area contributed by atoms with E-state index in [0.29, 0.717) is 42.4 Å². The fraction of sp³-hybridized carbons (Fsp3) is 0.390. The Morgan fingerprint density at radius 2 is 1.71 bits per heavy atom. The Labute approximate surface area is 341 Å². The Balaban J connectivity index is 0.749. The summed E-state index contributed by atoms with van der Waals surface area (Å²) in [5.74, 6) is -0.264. The molecule has 6 heterocycles. The number of sulfonamides is 1. The van der Waals surface area contributed by atoms with E-state index in [9.17, 15) is 27.6 Å². The van der Waals surface area contributed by atoms with Gasteiger partial charge in [-0.05, 0) is 81.1 Å². The molecule has 3 aromatic heterocycles. The normalized spacial score (nSPS) is 18.9. The van der Waals surface area contributed by atoms with Gasteiger partial charge in [-0.15, -0.1) is 5.10 Å². The number of benzene rings is 1. The van der Waals surface area contributed by atoms with Crippen LogP contribution in [0.2, 0.25) is 0 Å². The molecule has 0 saturated carbocycles. The van der Waals surface area contributed by atoms with Gasteiger partial charge in [-0.25, -0.2) is 22.9 Å². The maximum atomic E-state index is 13.3. The summed E-state index contributed by atoms with van der Waals surface area (Å²) in [4.78, 5) is 65.4. The van der Waals surface area contributed by atoms with Crippen molar-refractivity contribution in [2.45, 2.75) is 57.4 Å². The number of hydrogen-bond donors (Lipinski definition) is 3. The summed E-state index contributed by atoms with van der Waals surface area (Å²) in [6, 6.07) is 13.9. The van der Waals surface area contributed by atoms with Crippen molar-refractivity contribution in [2.24, 2.45) is 0 Å². The Kier molecular flexibility index (Phi) is 11.4. The molecule has 18 heteroatoms. The van der Waals surface area contributed by atoms with Gasteiger partial charge in [-0.1, -0.05) is 25.0 Å². The van der Waals surface area contributed by atoms with E-state index in [-0.39, 0.29) is 18.4 Å². The van der Waals surface area contributed by atoms with E-state index >= 15 is 0 Å². The maximum Gasteiger partial charge on any atom is 0.265 e. The summed E-state index contributed by atoms with van der Waals surface area (Å²) in [7, 11) is -3.41. The van der Waals surface area contributed by atoms with E-state index < -0.39 is 39.7 Å². The number of allylic oxidation sites excluding steroid dienone is 1. The van der Waals surface area contributed by atoms with Crippen LogP contribution in [0.15, 0.2) is 83.9 Å². The number of hydrogen-bond acceptors (Lipinski definition) is 13. The van der Waals surface area contributed by atoms with Crippen LogP contribution in [0.3, 0.4) is 0 Å². The van der Waals surface area contributed by atoms with Crippen LogP contribution in [0.25, 0.3) is 16.8 Å². The monoisotopic (exact) mass is 822 g/mol. The Morgan fingerprint density at radius 1 is 0.881 bits per heavy atom. The van der Waals surface area contributed by atoms with Gasteiger partial charge in [0.05, 0.1) is 47.7 Å². The number of piperidine rings is 1. The molecule has 0 spiro atoms. The third-order valence-corrected chi connectivity index (χ3v) is 11.5. The quantitative estimate of drug-likeness (QED) is 0.116. The van der Waals surface area contributed by atoms with Crippen molar-refractivity contribution in [3.05, 3.63) is 83.9 Å². The number of imide groups is 2. The zero-order chi connectivity index (χ0) is 41.1. The summed E-state index contributed by atoms with van der Waals surface area (Å²) in [6.45, 7) is 5.08. The van der Waals surface area contributed by atoms with Gasteiger partial charge in [-0.2, -0.15) is 0 Å². The summed E-state index contributed by atoms with van der Waals surface area (Å²) >= 11 is 0. The first-order valence-electron chi connectivity index (χ1n) is 19.9. The molecule has 1 aromatic carbocycles. The lowest BCUT2D eigenvalue weighted by atomic mass is 9.98.